The van der Waals surface area contributed by atoms with Gasteiger partial charge in [0.2, 0.25) is 5.91 Å². The Morgan fingerprint density at radius 1 is 0.541 bits per heavy atom. The van der Waals surface area contributed by atoms with Crippen molar-refractivity contribution in [1.29, 1.82) is 0 Å². The minimum Gasteiger partial charge on any atom is -0.387 e. The quantitative estimate of drug-likeness (QED) is 0.0243. The van der Waals surface area contributed by atoms with E-state index in [0.717, 1.165) is 38.5 Å². The lowest BCUT2D eigenvalue weighted by molar-refractivity contribution is -0.870. The van der Waals surface area contributed by atoms with Gasteiger partial charge in [0.15, 0.2) is 0 Å². The van der Waals surface area contributed by atoms with Crippen LogP contribution >= 0.6 is 7.82 Å². The second-order valence-electron chi connectivity index (χ2n) is 19.3. The summed E-state index contributed by atoms with van der Waals surface area (Å²) in [5.74, 6) is -0.184. The molecule has 0 aromatic heterocycles. The maximum atomic E-state index is 12.9. The summed E-state index contributed by atoms with van der Waals surface area (Å²) in [5.41, 5.74) is 0. The molecule has 0 bridgehead atoms. The molecule has 9 heteroatoms. The summed E-state index contributed by atoms with van der Waals surface area (Å²) < 4.78 is 23.5. The zero-order chi connectivity index (χ0) is 45.0. The molecule has 0 radical (unpaired) electrons. The number of carbonyl (C=O) groups excluding carboxylic acids is 1. The summed E-state index contributed by atoms with van der Waals surface area (Å²) in [7, 11) is 1.56. The maximum absolute atomic E-state index is 12.9. The average Bonchev–Trinajstić information content (AvgIpc) is 3.21. The third-order valence-corrected chi connectivity index (χ3v) is 12.9. The second-order valence-corrected chi connectivity index (χ2v) is 20.7. The van der Waals surface area contributed by atoms with Crippen LogP contribution in [0.15, 0.2) is 24.3 Å². The molecule has 0 aliphatic rings. The molecule has 3 N–H and O–H groups in total. The maximum Gasteiger partial charge on any atom is 0.472 e. The van der Waals surface area contributed by atoms with E-state index in [0.29, 0.717) is 17.4 Å². The first kappa shape index (κ1) is 60.0. The molecule has 0 saturated carbocycles. The number of allylic oxidation sites excluding steroid dienone is 3. The molecule has 0 aromatic rings. The van der Waals surface area contributed by atoms with Crippen molar-refractivity contribution < 1.29 is 32.9 Å². The van der Waals surface area contributed by atoms with Crippen molar-refractivity contribution in [3.63, 3.8) is 0 Å². The summed E-state index contributed by atoms with van der Waals surface area (Å²) in [5, 5.41) is 13.8. The molecule has 3 unspecified atom stereocenters. The lowest BCUT2D eigenvalue weighted by atomic mass is 10.0. The van der Waals surface area contributed by atoms with E-state index >= 15 is 0 Å². The number of phosphoric ester groups is 1. The fourth-order valence-corrected chi connectivity index (χ4v) is 8.50. The molecule has 0 heterocycles. The first-order valence-electron chi connectivity index (χ1n) is 26.2. The van der Waals surface area contributed by atoms with Crippen molar-refractivity contribution in [3.05, 3.63) is 24.3 Å². The van der Waals surface area contributed by atoms with Gasteiger partial charge in [0, 0.05) is 6.42 Å². The summed E-state index contributed by atoms with van der Waals surface area (Å²) in [6.45, 7) is 4.78. The molecule has 0 aromatic carbocycles. The molecule has 3 atom stereocenters. The molecule has 0 aliphatic carbocycles. The van der Waals surface area contributed by atoms with Crippen LogP contribution in [0.3, 0.4) is 0 Å². The Hall–Kier alpha value is -1.02. The number of hydrogen-bond donors (Lipinski definition) is 3. The van der Waals surface area contributed by atoms with E-state index in [1.807, 2.05) is 27.2 Å². The zero-order valence-corrected chi connectivity index (χ0v) is 42.1. The van der Waals surface area contributed by atoms with Gasteiger partial charge >= 0.3 is 7.82 Å². The van der Waals surface area contributed by atoms with Gasteiger partial charge in [-0.25, -0.2) is 4.57 Å². The fraction of sp³-hybridized carbons (Fsp3) is 0.904. The number of carbonyl (C=O) groups is 1. The highest BCUT2D eigenvalue weighted by atomic mass is 31.2. The van der Waals surface area contributed by atoms with E-state index in [4.69, 9.17) is 9.05 Å². The van der Waals surface area contributed by atoms with Crippen LogP contribution in [0.4, 0.5) is 0 Å². The molecule has 362 valence electrons. The van der Waals surface area contributed by atoms with Gasteiger partial charge < -0.3 is 19.8 Å². The van der Waals surface area contributed by atoms with Crippen molar-refractivity contribution in [1.82, 2.24) is 5.32 Å². The number of rotatable bonds is 48. The highest BCUT2D eigenvalue weighted by Crippen LogP contribution is 2.43. The number of amides is 1. The lowest BCUT2D eigenvalue weighted by Gasteiger charge is -2.25. The summed E-state index contributed by atoms with van der Waals surface area (Å²) >= 11 is 0. The Balaban J connectivity index is 4.01. The molecule has 0 fully saturated rings. The lowest BCUT2D eigenvalue weighted by Crippen LogP contribution is -2.45. The third-order valence-electron chi connectivity index (χ3n) is 11.9. The van der Waals surface area contributed by atoms with Gasteiger partial charge in [0.05, 0.1) is 39.9 Å². The molecular formula is C52H104N2O6P+. The number of nitrogens with zero attached hydrogens (tertiary/aromatic N) is 1. The Kier molecular flexibility index (Phi) is 43.5. The number of aliphatic hydroxyl groups is 1. The molecule has 0 aliphatic heterocycles. The van der Waals surface area contributed by atoms with E-state index in [1.54, 1.807) is 6.08 Å². The third kappa shape index (κ3) is 46.8. The number of phosphoric acid groups is 1. The van der Waals surface area contributed by atoms with Gasteiger partial charge in [-0.1, -0.05) is 237 Å². The normalized spacial score (nSPS) is 14.3. The van der Waals surface area contributed by atoms with Crippen LogP contribution in [0.2, 0.25) is 0 Å². The summed E-state index contributed by atoms with van der Waals surface area (Å²) in [6, 6.07) is -0.857. The van der Waals surface area contributed by atoms with Crippen LogP contribution < -0.4 is 5.32 Å². The minimum absolute atomic E-state index is 0.0581. The molecule has 8 nitrogen and oxygen atoms in total. The minimum atomic E-state index is -4.34. The number of unbranched alkanes of at least 4 members (excludes halogenated alkanes) is 33. The number of aliphatic hydroxyl groups excluding tert-OH is 1. The van der Waals surface area contributed by atoms with Crippen molar-refractivity contribution >= 4 is 13.7 Å². The molecule has 1 amide bonds. The average molecular weight is 884 g/mol. The smallest absolute Gasteiger partial charge is 0.387 e. The fourth-order valence-electron chi connectivity index (χ4n) is 7.77. The van der Waals surface area contributed by atoms with Crippen LogP contribution in [0.1, 0.15) is 251 Å². The van der Waals surface area contributed by atoms with Crippen LogP contribution in [0.5, 0.6) is 0 Å². The first-order valence-corrected chi connectivity index (χ1v) is 27.7. The van der Waals surface area contributed by atoms with E-state index in [-0.39, 0.29) is 19.1 Å². The van der Waals surface area contributed by atoms with Crippen LogP contribution in [0, 0.1) is 0 Å². The van der Waals surface area contributed by atoms with E-state index in [1.165, 1.54) is 193 Å². The molecule has 0 saturated heterocycles. The molecule has 61 heavy (non-hydrogen) atoms. The molecule has 0 rings (SSSR count). The Bertz CT molecular complexity index is 1050. The monoisotopic (exact) mass is 884 g/mol. The Morgan fingerprint density at radius 2 is 0.902 bits per heavy atom. The second kappa shape index (κ2) is 44.2. The van der Waals surface area contributed by atoms with Gasteiger partial charge in [-0.05, 0) is 32.1 Å². The summed E-state index contributed by atoms with van der Waals surface area (Å²) in [6.07, 6.45) is 54.4. The van der Waals surface area contributed by atoms with Crippen LogP contribution in [-0.2, 0) is 18.4 Å². The van der Waals surface area contributed by atoms with Crippen molar-refractivity contribution in [2.75, 3.05) is 40.9 Å². The number of quaternary nitrogens is 1. The van der Waals surface area contributed by atoms with E-state index < -0.39 is 20.0 Å². The van der Waals surface area contributed by atoms with Crippen molar-refractivity contribution in [2.24, 2.45) is 0 Å². The SMILES string of the molecule is CCCCCC/C=C/CC/C=C/C(O)C(COP(=O)(O)OCC[N+](C)(C)C)NC(=O)CCCCCCCCCCCCCCCCCCCCCCCCCCCCCCC. The van der Waals surface area contributed by atoms with Crippen molar-refractivity contribution in [3.8, 4) is 0 Å². The number of hydrogen-bond acceptors (Lipinski definition) is 5. The van der Waals surface area contributed by atoms with Gasteiger partial charge in [-0.3, -0.25) is 13.8 Å². The predicted octanol–water partition coefficient (Wildman–Crippen LogP) is 15.3. The van der Waals surface area contributed by atoms with Gasteiger partial charge in [-0.15, -0.1) is 0 Å². The Morgan fingerprint density at radius 3 is 1.31 bits per heavy atom. The largest absolute Gasteiger partial charge is 0.472 e. The predicted molar refractivity (Wildman–Crippen MR) is 263 cm³/mol. The van der Waals surface area contributed by atoms with Gasteiger partial charge in [0.1, 0.15) is 13.2 Å². The highest BCUT2D eigenvalue weighted by molar-refractivity contribution is 7.47. The topological polar surface area (TPSA) is 105 Å². The number of likely N-dealkylation sites (N-methyl/N-ethyl adjacent to an activating group) is 1. The van der Waals surface area contributed by atoms with Crippen molar-refractivity contribution in [2.45, 2.75) is 264 Å². The molecular weight excluding hydrogens is 780 g/mol. The number of nitrogens with one attached hydrogen (secondary N) is 1. The van der Waals surface area contributed by atoms with Gasteiger partial charge in [-0.2, -0.15) is 0 Å². The standard InChI is InChI=1S/C52H103N2O6P/c1-6-8-10-12-14-16-18-19-20-21-22-23-24-25-26-27-28-29-30-31-32-33-34-35-36-38-40-42-44-46-52(56)53-50(49-60-61(57,58)59-48-47-54(3,4)5)51(55)45-43-41-39-37-17-15-13-11-9-7-2/h17,37,43,45,50-51,55H,6-16,18-36,38-42,44,46-49H2,1-5H3,(H-,53,56,57,58)/p+1/b37-17+,45-43+. The van der Waals surface area contributed by atoms with Crippen LogP contribution in [-0.4, -0.2) is 73.4 Å². The molecule has 0 spiro atoms. The van der Waals surface area contributed by atoms with Gasteiger partial charge in [0.25, 0.3) is 0 Å². The van der Waals surface area contributed by atoms with E-state index in [2.05, 4.69) is 31.3 Å². The highest BCUT2D eigenvalue weighted by Gasteiger charge is 2.27. The summed E-state index contributed by atoms with van der Waals surface area (Å²) in [4.78, 5) is 23.1. The zero-order valence-electron chi connectivity index (χ0n) is 41.2. The van der Waals surface area contributed by atoms with Crippen LogP contribution in [0.25, 0.3) is 0 Å². The Labute approximate surface area is 379 Å². The van der Waals surface area contributed by atoms with E-state index in [9.17, 15) is 19.4 Å². The first-order chi connectivity index (χ1) is 29.5.